The first kappa shape index (κ1) is 13.6. The van der Waals surface area contributed by atoms with E-state index in [1.54, 1.807) is 6.92 Å². The minimum Gasteiger partial charge on any atom is -0.399 e. The molecular weight excluding hydrogens is 227 g/mol. The van der Waals surface area contributed by atoms with E-state index in [2.05, 4.69) is 0 Å². The van der Waals surface area contributed by atoms with Gasteiger partial charge in [0.2, 0.25) is 0 Å². The molecule has 1 atom stereocenters. The molecule has 3 nitrogen and oxygen atoms in total. The molecule has 1 aliphatic heterocycles. The second-order valence-corrected chi connectivity index (χ2v) is 5.93. The fourth-order valence-electron chi connectivity index (χ4n) is 1.91. The highest BCUT2D eigenvalue weighted by molar-refractivity contribution is 6.62. The number of aliphatic hydroxyl groups is 1. The summed E-state index contributed by atoms with van der Waals surface area (Å²) in [6, 6.07) is 7.71. The van der Waals surface area contributed by atoms with Crippen LogP contribution in [0.1, 0.15) is 46.3 Å². The summed E-state index contributed by atoms with van der Waals surface area (Å²) in [6.45, 7) is 9.91. The summed E-state index contributed by atoms with van der Waals surface area (Å²) in [7, 11) is -0.335. The zero-order valence-electron chi connectivity index (χ0n) is 11.7. The lowest BCUT2D eigenvalue weighted by Crippen LogP contribution is -2.41. The van der Waals surface area contributed by atoms with Crippen LogP contribution in [0.4, 0.5) is 0 Å². The van der Waals surface area contributed by atoms with Gasteiger partial charge in [0.25, 0.3) is 0 Å². The van der Waals surface area contributed by atoms with Crippen LogP contribution in [0, 0.1) is 0 Å². The van der Waals surface area contributed by atoms with Gasteiger partial charge in [-0.15, -0.1) is 0 Å². The molecule has 1 unspecified atom stereocenters. The zero-order valence-corrected chi connectivity index (χ0v) is 11.7. The molecule has 98 valence electrons. The average Bonchev–Trinajstić information content (AvgIpc) is 2.48. The minimum absolute atomic E-state index is 0.319. The molecular formula is C14H21BO3. The first-order valence-corrected chi connectivity index (χ1v) is 6.36. The van der Waals surface area contributed by atoms with Gasteiger partial charge in [0, 0.05) is 0 Å². The molecule has 1 aliphatic rings. The lowest BCUT2D eigenvalue weighted by molar-refractivity contribution is 0.00578. The van der Waals surface area contributed by atoms with Gasteiger partial charge in [-0.25, -0.2) is 0 Å². The van der Waals surface area contributed by atoms with Gasteiger partial charge in [-0.1, -0.05) is 24.3 Å². The summed E-state index contributed by atoms with van der Waals surface area (Å²) in [6.07, 6.45) is -0.447. The topological polar surface area (TPSA) is 38.7 Å². The van der Waals surface area contributed by atoms with Crippen molar-refractivity contribution in [2.45, 2.75) is 51.9 Å². The van der Waals surface area contributed by atoms with Crippen LogP contribution in [0.3, 0.4) is 0 Å². The molecule has 4 heteroatoms. The molecule has 0 aliphatic carbocycles. The van der Waals surface area contributed by atoms with Crippen molar-refractivity contribution in [3.63, 3.8) is 0 Å². The normalized spacial score (nSPS) is 23.1. The van der Waals surface area contributed by atoms with E-state index in [0.717, 1.165) is 11.0 Å². The van der Waals surface area contributed by atoms with E-state index < -0.39 is 6.10 Å². The van der Waals surface area contributed by atoms with Gasteiger partial charge in [-0.05, 0) is 45.6 Å². The number of benzene rings is 1. The summed E-state index contributed by atoms with van der Waals surface area (Å²) >= 11 is 0. The van der Waals surface area contributed by atoms with E-state index in [1.807, 2.05) is 52.0 Å². The largest absolute Gasteiger partial charge is 0.494 e. The highest BCUT2D eigenvalue weighted by Gasteiger charge is 2.51. The summed E-state index contributed by atoms with van der Waals surface area (Å²) < 4.78 is 11.9. The van der Waals surface area contributed by atoms with Crippen molar-refractivity contribution < 1.29 is 14.4 Å². The molecule has 1 aromatic carbocycles. The fourth-order valence-corrected chi connectivity index (χ4v) is 1.91. The smallest absolute Gasteiger partial charge is 0.399 e. The Balaban J connectivity index is 2.19. The fraction of sp³-hybridized carbons (Fsp3) is 0.571. The van der Waals surface area contributed by atoms with Crippen molar-refractivity contribution >= 4 is 12.6 Å². The molecule has 1 heterocycles. The summed E-state index contributed by atoms with van der Waals surface area (Å²) in [5, 5.41) is 9.48. The number of hydrogen-bond donors (Lipinski definition) is 1. The first-order valence-electron chi connectivity index (χ1n) is 6.36. The Morgan fingerprint density at radius 1 is 1.00 bits per heavy atom. The highest BCUT2D eigenvalue weighted by atomic mass is 16.7. The van der Waals surface area contributed by atoms with Gasteiger partial charge < -0.3 is 14.4 Å². The summed E-state index contributed by atoms with van der Waals surface area (Å²) in [5.41, 5.74) is 1.25. The maximum Gasteiger partial charge on any atom is 0.494 e. The van der Waals surface area contributed by atoms with Crippen LogP contribution in [0.5, 0.6) is 0 Å². The standard InChI is InChI=1S/C14H21BO3/c1-10(16)11-6-8-12(9-7-11)15-17-13(2,3)14(4,5)18-15/h6-10,16H,1-5H3. The Hall–Kier alpha value is -0.835. The predicted molar refractivity (Wildman–Crippen MR) is 72.8 cm³/mol. The van der Waals surface area contributed by atoms with E-state index in [0.29, 0.717) is 0 Å². The van der Waals surface area contributed by atoms with E-state index in [-0.39, 0.29) is 18.3 Å². The van der Waals surface area contributed by atoms with Crippen LogP contribution in [0.2, 0.25) is 0 Å². The third-order valence-electron chi connectivity index (χ3n) is 3.94. The lowest BCUT2D eigenvalue weighted by Gasteiger charge is -2.32. The number of aliphatic hydroxyl groups excluding tert-OH is 1. The van der Waals surface area contributed by atoms with Gasteiger partial charge in [0.15, 0.2) is 0 Å². The molecule has 0 bridgehead atoms. The minimum atomic E-state index is -0.447. The highest BCUT2D eigenvalue weighted by Crippen LogP contribution is 2.36. The van der Waals surface area contributed by atoms with Gasteiger partial charge in [-0.2, -0.15) is 0 Å². The molecule has 1 saturated heterocycles. The second kappa shape index (κ2) is 4.37. The summed E-state index contributed by atoms with van der Waals surface area (Å²) in [4.78, 5) is 0. The lowest BCUT2D eigenvalue weighted by atomic mass is 9.78. The average molecular weight is 248 g/mol. The number of rotatable bonds is 2. The monoisotopic (exact) mass is 248 g/mol. The maximum atomic E-state index is 9.48. The van der Waals surface area contributed by atoms with Crippen LogP contribution >= 0.6 is 0 Å². The summed E-state index contributed by atoms with van der Waals surface area (Å²) in [5.74, 6) is 0. The Bertz CT molecular complexity index is 407. The first-order chi connectivity index (χ1) is 8.23. The molecule has 0 aromatic heterocycles. The Kier molecular flexibility index (Phi) is 3.30. The van der Waals surface area contributed by atoms with Gasteiger partial charge in [0.1, 0.15) is 0 Å². The second-order valence-electron chi connectivity index (χ2n) is 5.93. The van der Waals surface area contributed by atoms with E-state index >= 15 is 0 Å². The molecule has 18 heavy (non-hydrogen) atoms. The third-order valence-corrected chi connectivity index (χ3v) is 3.94. The Morgan fingerprint density at radius 2 is 1.44 bits per heavy atom. The van der Waals surface area contributed by atoms with E-state index in [1.165, 1.54) is 0 Å². The molecule has 2 rings (SSSR count). The molecule has 0 spiro atoms. The SMILES string of the molecule is CC(O)c1ccc(B2OC(C)(C)C(C)(C)O2)cc1. The Morgan fingerprint density at radius 3 is 1.83 bits per heavy atom. The van der Waals surface area contributed by atoms with Crippen molar-refractivity contribution in [2.75, 3.05) is 0 Å². The quantitative estimate of drug-likeness (QED) is 0.814. The molecule has 0 saturated carbocycles. The molecule has 1 aromatic rings. The van der Waals surface area contributed by atoms with Gasteiger partial charge >= 0.3 is 7.12 Å². The van der Waals surface area contributed by atoms with Gasteiger partial charge in [0.05, 0.1) is 17.3 Å². The van der Waals surface area contributed by atoms with Crippen molar-refractivity contribution in [1.82, 2.24) is 0 Å². The van der Waals surface area contributed by atoms with Crippen LogP contribution in [0.25, 0.3) is 0 Å². The Labute approximate surface area is 109 Å². The maximum absolute atomic E-state index is 9.48. The molecule has 0 radical (unpaired) electrons. The van der Waals surface area contributed by atoms with Gasteiger partial charge in [-0.3, -0.25) is 0 Å². The predicted octanol–water partition coefficient (Wildman–Crippen LogP) is 2.04. The molecule has 0 amide bonds. The van der Waals surface area contributed by atoms with Crippen molar-refractivity contribution in [1.29, 1.82) is 0 Å². The van der Waals surface area contributed by atoms with E-state index in [4.69, 9.17) is 9.31 Å². The van der Waals surface area contributed by atoms with E-state index in [9.17, 15) is 5.11 Å². The van der Waals surface area contributed by atoms with Crippen LogP contribution in [-0.4, -0.2) is 23.4 Å². The van der Waals surface area contributed by atoms with Crippen LogP contribution < -0.4 is 5.46 Å². The van der Waals surface area contributed by atoms with Crippen molar-refractivity contribution in [3.05, 3.63) is 29.8 Å². The van der Waals surface area contributed by atoms with Crippen LogP contribution in [-0.2, 0) is 9.31 Å². The van der Waals surface area contributed by atoms with Crippen molar-refractivity contribution in [2.24, 2.45) is 0 Å². The molecule has 1 fully saturated rings. The van der Waals surface area contributed by atoms with Crippen molar-refractivity contribution in [3.8, 4) is 0 Å². The molecule has 1 N–H and O–H groups in total. The van der Waals surface area contributed by atoms with Crippen LogP contribution in [0.15, 0.2) is 24.3 Å². The number of hydrogen-bond acceptors (Lipinski definition) is 3. The third kappa shape index (κ3) is 2.33. The zero-order chi connectivity index (χ0) is 13.6.